The van der Waals surface area contributed by atoms with E-state index in [1.165, 1.54) is 16.8 Å². The number of rotatable bonds is 2. The van der Waals surface area contributed by atoms with Crippen LogP contribution in [-0.4, -0.2) is 50.8 Å². The van der Waals surface area contributed by atoms with E-state index in [9.17, 15) is 15.0 Å². The molecule has 1 aromatic rings. The first-order valence-corrected chi connectivity index (χ1v) is 5.50. The van der Waals surface area contributed by atoms with Gasteiger partial charge in [-0.1, -0.05) is 0 Å². The maximum absolute atomic E-state index is 11.7. The number of nitrogen functional groups attached to an aromatic ring is 1. The van der Waals surface area contributed by atoms with E-state index in [0.29, 0.717) is 0 Å². The van der Waals surface area contributed by atoms with Gasteiger partial charge < -0.3 is 25.4 Å². The Morgan fingerprint density at radius 1 is 1.67 bits per heavy atom. The number of nitrogens with two attached hydrogens (primary N) is 1. The summed E-state index contributed by atoms with van der Waals surface area (Å²) in [5.74, 6) is 0.109. The summed E-state index contributed by atoms with van der Waals surface area (Å²) in [6.45, 7) is -0.276. The summed E-state index contributed by atoms with van der Waals surface area (Å²) in [7, 11) is 0. The molecule has 4 N–H and O–H groups in total. The van der Waals surface area contributed by atoms with Crippen LogP contribution in [0.1, 0.15) is 6.23 Å². The summed E-state index contributed by atoms with van der Waals surface area (Å²) in [6, 6.07) is 1.45. The van der Waals surface area contributed by atoms with E-state index in [4.69, 9.17) is 15.2 Å². The zero-order valence-electron chi connectivity index (χ0n) is 9.39. The molecular formula is C10H13N3O5. The molecule has 0 amide bonds. The van der Waals surface area contributed by atoms with Crippen LogP contribution >= 0.6 is 0 Å². The van der Waals surface area contributed by atoms with Crippen LogP contribution in [0.15, 0.2) is 17.1 Å². The van der Waals surface area contributed by atoms with E-state index in [-0.39, 0.29) is 19.0 Å². The summed E-state index contributed by atoms with van der Waals surface area (Å²) in [5, 5.41) is 19.3. The Labute approximate surface area is 102 Å². The summed E-state index contributed by atoms with van der Waals surface area (Å²) >= 11 is 0. The fourth-order valence-electron chi connectivity index (χ4n) is 2.37. The molecule has 3 rings (SSSR count). The molecule has 0 aromatic carbocycles. The molecule has 0 spiro atoms. The van der Waals surface area contributed by atoms with Gasteiger partial charge in [0.1, 0.15) is 23.6 Å². The molecule has 8 heteroatoms. The van der Waals surface area contributed by atoms with Gasteiger partial charge in [-0.05, 0) is 6.07 Å². The number of aromatic nitrogens is 2. The molecule has 1 aromatic heterocycles. The third-order valence-electron chi connectivity index (χ3n) is 3.40. The summed E-state index contributed by atoms with van der Waals surface area (Å²) in [4.78, 5) is 15.3. The molecule has 4 atom stereocenters. The van der Waals surface area contributed by atoms with Crippen LogP contribution in [0.2, 0.25) is 0 Å². The van der Waals surface area contributed by atoms with E-state index >= 15 is 0 Å². The van der Waals surface area contributed by atoms with Crippen molar-refractivity contribution >= 4 is 5.82 Å². The normalized spacial score (nSPS) is 38.2. The molecule has 2 aliphatic rings. The molecule has 98 valence electrons. The highest BCUT2D eigenvalue weighted by Gasteiger charge is 2.61. The highest BCUT2D eigenvalue weighted by Crippen LogP contribution is 2.44. The van der Waals surface area contributed by atoms with Gasteiger partial charge in [-0.3, -0.25) is 4.57 Å². The van der Waals surface area contributed by atoms with Crippen molar-refractivity contribution < 1.29 is 19.7 Å². The van der Waals surface area contributed by atoms with Crippen LogP contribution in [0, 0.1) is 0 Å². The lowest BCUT2D eigenvalue weighted by atomic mass is 10.0. The third-order valence-corrected chi connectivity index (χ3v) is 3.40. The highest BCUT2D eigenvalue weighted by molar-refractivity contribution is 5.24. The van der Waals surface area contributed by atoms with Gasteiger partial charge in [0.2, 0.25) is 0 Å². The lowest BCUT2D eigenvalue weighted by Crippen LogP contribution is -2.44. The number of hydrogen-bond acceptors (Lipinski definition) is 7. The molecule has 0 aliphatic carbocycles. The molecule has 18 heavy (non-hydrogen) atoms. The number of ether oxygens (including phenoxy) is 2. The topological polar surface area (TPSA) is 120 Å². The Bertz CT molecular complexity index is 532. The minimum Gasteiger partial charge on any atom is -0.393 e. The summed E-state index contributed by atoms with van der Waals surface area (Å²) in [5.41, 5.74) is 3.65. The van der Waals surface area contributed by atoms with Crippen molar-refractivity contribution in [1.29, 1.82) is 0 Å². The van der Waals surface area contributed by atoms with Crippen molar-refractivity contribution in [2.24, 2.45) is 0 Å². The maximum atomic E-state index is 11.7. The standard InChI is InChI=1S/C10H13N3O5/c11-5-1-2-13(9(16)12-5)8-6-7(15)10(3-14,18-8)4-17-6/h1-2,6-8,14-15H,3-4H2,(H2,11,12,16)/t6-,7+,8+,10+/m0/s1. The first-order valence-electron chi connectivity index (χ1n) is 5.50. The molecule has 3 heterocycles. The zero-order valence-corrected chi connectivity index (χ0v) is 9.39. The van der Waals surface area contributed by atoms with Gasteiger partial charge in [0.15, 0.2) is 6.23 Å². The summed E-state index contributed by atoms with van der Waals surface area (Å²) in [6.07, 6.45) is -1.05. The van der Waals surface area contributed by atoms with Crippen molar-refractivity contribution in [3.8, 4) is 0 Å². The largest absolute Gasteiger partial charge is 0.393 e. The second-order valence-corrected chi connectivity index (χ2v) is 4.49. The van der Waals surface area contributed by atoms with Crippen molar-refractivity contribution in [3.05, 3.63) is 22.7 Å². The van der Waals surface area contributed by atoms with E-state index < -0.39 is 29.7 Å². The van der Waals surface area contributed by atoms with Gasteiger partial charge in [0.25, 0.3) is 0 Å². The maximum Gasteiger partial charge on any atom is 0.351 e. The Kier molecular flexibility index (Phi) is 2.42. The van der Waals surface area contributed by atoms with Crippen LogP contribution in [0.4, 0.5) is 5.82 Å². The van der Waals surface area contributed by atoms with Gasteiger partial charge >= 0.3 is 5.69 Å². The molecule has 2 fully saturated rings. The van der Waals surface area contributed by atoms with E-state index in [1.54, 1.807) is 0 Å². The Morgan fingerprint density at radius 3 is 3.06 bits per heavy atom. The monoisotopic (exact) mass is 255 g/mol. The number of aliphatic hydroxyl groups excluding tert-OH is 2. The average Bonchev–Trinajstić information content (AvgIpc) is 2.81. The van der Waals surface area contributed by atoms with Gasteiger partial charge in [-0.2, -0.15) is 4.98 Å². The minimum absolute atomic E-state index is 0.100. The van der Waals surface area contributed by atoms with E-state index in [0.717, 1.165) is 0 Å². The van der Waals surface area contributed by atoms with Gasteiger partial charge in [-0.25, -0.2) is 4.79 Å². The Morgan fingerprint density at radius 2 is 2.44 bits per heavy atom. The molecule has 2 saturated heterocycles. The van der Waals surface area contributed by atoms with Crippen molar-refractivity contribution in [2.75, 3.05) is 18.9 Å². The SMILES string of the molecule is Nc1ccn([C@@H]2O[C@]3(CO)CO[C@H]2[C@H]3O)c(=O)n1. The third kappa shape index (κ3) is 1.40. The lowest BCUT2D eigenvalue weighted by Gasteiger charge is -2.29. The van der Waals surface area contributed by atoms with Crippen LogP contribution in [0.25, 0.3) is 0 Å². The predicted octanol–water partition coefficient (Wildman–Crippen LogP) is -2.15. The van der Waals surface area contributed by atoms with Crippen molar-refractivity contribution in [3.63, 3.8) is 0 Å². The fourth-order valence-corrected chi connectivity index (χ4v) is 2.37. The van der Waals surface area contributed by atoms with Crippen molar-refractivity contribution in [1.82, 2.24) is 9.55 Å². The first-order chi connectivity index (χ1) is 8.57. The predicted molar refractivity (Wildman–Crippen MR) is 58.6 cm³/mol. The summed E-state index contributed by atoms with van der Waals surface area (Å²) < 4.78 is 12.1. The number of fused-ring (bicyclic) bond motifs is 2. The molecular weight excluding hydrogens is 242 g/mol. The molecule has 0 radical (unpaired) electrons. The molecule has 2 aliphatic heterocycles. The zero-order chi connectivity index (χ0) is 12.9. The second kappa shape index (κ2) is 3.75. The molecule has 2 bridgehead atoms. The fraction of sp³-hybridized carbons (Fsp3) is 0.600. The Balaban J connectivity index is 1.98. The smallest absolute Gasteiger partial charge is 0.351 e. The number of aliphatic hydroxyl groups is 2. The highest BCUT2D eigenvalue weighted by atomic mass is 16.7. The quantitative estimate of drug-likeness (QED) is 0.550. The van der Waals surface area contributed by atoms with Crippen LogP contribution < -0.4 is 11.4 Å². The first kappa shape index (κ1) is 11.6. The average molecular weight is 255 g/mol. The van der Waals surface area contributed by atoms with Gasteiger partial charge in [-0.15, -0.1) is 0 Å². The number of hydrogen-bond donors (Lipinski definition) is 3. The lowest BCUT2D eigenvalue weighted by molar-refractivity contribution is -0.187. The van der Waals surface area contributed by atoms with E-state index in [2.05, 4.69) is 4.98 Å². The van der Waals surface area contributed by atoms with Crippen molar-refractivity contribution in [2.45, 2.75) is 24.0 Å². The Hall–Kier alpha value is -1.48. The van der Waals surface area contributed by atoms with Crippen LogP contribution in [0.3, 0.4) is 0 Å². The number of nitrogens with zero attached hydrogens (tertiary/aromatic N) is 2. The van der Waals surface area contributed by atoms with Crippen LogP contribution in [0.5, 0.6) is 0 Å². The van der Waals surface area contributed by atoms with E-state index in [1.807, 2.05) is 0 Å². The molecule has 0 saturated carbocycles. The van der Waals surface area contributed by atoms with Crippen LogP contribution in [-0.2, 0) is 9.47 Å². The van der Waals surface area contributed by atoms with Gasteiger partial charge in [0.05, 0.1) is 13.2 Å². The second-order valence-electron chi connectivity index (χ2n) is 4.49. The molecule has 0 unspecified atom stereocenters. The minimum atomic E-state index is -1.16. The van der Waals surface area contributed by atoms with Gasteiger partial charge in [0, 0.05) is 6.20 Å². The number of anilines is 1. The molecule has 8 nitrogen and oxygen atoms in total.